The number of phenols is 1. The summed E-state index contributed by atoms with van der Waals surface area (Å²) in [7, 11) is 0. The van der Waals surface area contributed by atoms with Gasteiger partial charge in [-0.2, -0.15) is 0 Å². The minimum absolute atomic E-state index is 0.106. The molecule has 3 nitrogen and oxygen atoms in total. The summed E-state index contributed by atoms with van der Waals surface area (Å²) in [6.07, 6.45) is 6.89. The highest BCUT2D eigenvalue weighted by molar-refractivity contribution is 6.08. The van der Waals surface area contributed by atoms with Gasteiger partial charge in [0.2, 0.25) is 0 Å². The van der Waals surface area contributed by atoms with Crippen LogP contribution in [0.5, 0.6) is 11.5 Å². The van der Waals surface area contributed by atoms with E-state index in [-0.39, 0.29) is 11.5 Å². The molecule has 0 bridgehead atoms. The van der Waals surface area contributed by atoms with Gasteiger partial charge in [0.05, 0.1) is 5.56 Å². The summed E-state index contributed by atoms with van der Waals surface area (Å²) in [5.41, 5.74) is 1.43. The monoisotopic (exact) mass is 356 g/mol. The predicted molar refractivity (Wildman–Crippen MR) is 109 cm³/mol. The molecule has 1 N–H and O–H groups in total. The van der Waals surface area contributed by atoms with Crippen molar-refractivity contribution in [2.45, 2.75) is 19.4 Å². The average molecular weight is 356 g/mol. The predicted octanol–water partition coefficient (Wildman–Crippen LogP) is 5.63. The minimum Gasteiger partial charge on any atom is -0.507 e. The first-order chi connectivity index (χ1) is 12.9. The summed E-state index contributed by atoms with van der Waals surface area (Å²) in [5.74, 6) is 0.644. The van der Waals surface area contributed by atoms with E-state index in [1.54, 1.807) is 12.1 Å². The van der Waals surface area contributed by atoms with Crippen LogP contribution in [0.3, 0.4) is 0 Å². The summed E-state index contributed by atoms with van der Waals surface area (Å²) in [6, 6.07) is 17.1. The lowest BCUT2D eigenvalue weighted by molar-refractivity contribution is 0.104. The zero-order valence-electron chi connectivity index (χ0n) is 15.3. The van der Waals surface area contributed by atoms with Gasteiger partial charge in [0.25, 0.3) is 0 Å². The number of ketones is 1. The van der Waals surface area contributed by atoms with Gasteiger partial charge in [-0.05, 0) is 67.1 Å². The summed E-state index contributed by atoms with van der Waals surface area (Å²) in [6.45, 7) is 3.92. The lowest BCUT2D eigenvalue weighted by Crippen LogP contribution is -2.27. The van der Waals surface area contributed by atoms with Crippen molar-refractivity contribution in [3.05, 3.63) is 83.4 Å². The molecule has 0 fully saturated rings. The quantitative estimate of drug-likeness (QED) is 0.489. The third-order valence-electron chi connectivity index (χ3n) is 4.68. The zero-order valence-corrected chi connectivity index (χ0v) is 15.3. The Balaban J connectivity index is 1.61. The third-order valence-corrected chi connectivity index (χ3v) is 4.68. The summed E-state index contributed by atoms with van der Waals surface area (Å²) in [5, 5.41) is 12.7. The molecule has 134 valence electrons. The zero-order chi connectivity index (χ0) is 19.0. The Morgan fingerprint density at radius 1 is 1.04 bits per heavy atom. The highest BCUT2D eigenvalue weighted by atomic mass is 16.5. The number of carbonyl (C=O) groups excluding carboxylic acids is 1. The average Bonchev–Trinajstić information content (AvgIpc) is 2.66. The smallest absolute Gasteiger partial charge is 0.185 e. The van der Waals surface area contributed by atoms with Gasteiger partial charge in [0.15, 0.2) is 5.78 Å². The van der Waals surface area contributed by atoms with E-state index in [1.165, 1.54) is 6.08 Å². The molecule has 0 spiro atoms. The Bertz CT molecular complexity index is 1100. The van der Waals surface area contributed by atoms with Crippen LogP contribution >= 0.6 is 0 Å². The fourth-order valence-electron chi connectivity index (χ4n) is 3.20. The number of phenolic OH excluding ortho intramolecular Hbond substituents is 1. The number of aromatic hydroxyl groups is 1. The molecule has 27 heavy (non-hydrogen) atoms. The van der Waals surface area contributed by atoms with E-state index in [4.69, 9.17) is 4.74 Å². The van der Waals surface area contributed by atoms with E-state index < -0.39 is 5.60 Å². The normalized spacial score (nSPS) is 14.9. The van der Waals surface area contributed by atoms with E-state index >= 15 is 0 Å². The number of allylic oxidation sites excluding steroid dienone is 1. The number of hydrogen-bond donors (Lipinski definition) is 1. The van der Waals surface area contributed by atoms with Crippen molar-refractivity contribution in [3.63, 3.8) is 0 Å². The van der Waals surface area contributed by atoms with Crippen molar-refractivity contribution in [2.75, 3.05) is 0 Å². The first kappa shape index (κ1) is 17.1. The van der Waals surface area contributed by atoms with Crippen molar-refractivity contribution >= 4 is 28.7 Å². The first-order valence-electron chi connectivity index (χ1n) is 8.88. The van der Waals surface area contributed by atoms with Gasteiger partial charge in [-0.3, -0.25) is 4.79 Å². The second kappa shape index (κ2) is 6.44. The van der Waals surface area contributed by atoms with Crippen LogP contribution in [0, 0.1) is 0 Å². The molecule has 1 heterocycles. The van der Waals surface area contributed by atoms with E-state index in [2.05, 4.69) is 0 Å². The second-order valence-corrected chi connectivity index (χ2v) is 7.21. The Kier molecular flexibility index (Phi) is 4.08. The Hall–Kier alpha value is -3.33. The van der Waals surface area contributed by atoms with Crippen molar-refractivity contribution in [1.29, 1.82) is 0 Å². The maximum absolute atomic E-state index is 12.5. The van der Waals surface area contributed by atoms with E-state index in [0.717, 1.165) is 10.8 Å². The second-order valence-electron chi connectivity index (χ2n) is 7.21. The number of hydrogen-bond acceptors (Lipinski definition) is 3. The Labute approximate surface area is 158 Å². The fraction of sp³-hybridized carbons (Fsp3) is 0.125. The van der Waals surface area contributed by atoms with Crippen LogP contribution in [-0.4, -0.2) is 16.5 Å². The molecule has 0 aliphatic carbocycles. The van der Waals surface area contributed by atoms with Crippen LogP contribution in [0.15, 0.2) is 66.7 Å². The summed E-state index contributed by atoms with van der Waals surface area (Å²) >= 11 is 0. The highest BCUT2D eigenvalue weighted by Gasteiger charge is 2.23. The van der Waals surface area contributed by atoms with Gasteiger partial charge in [-0.25, -0.2) is 0 Å². The molecule has 0 unspecified atom stereocenters. The fourth-order valence-corrected chi connectivity index (χ4v) is 3.20. The van der Waals surface area contributed by atoms with E-state index in [9.17, 15) is 9.90 Å². The lowest BCUT2D eigenvalue weighted by atomic mass is 9.99. The van der Waals surface area contributed by atoms with Crippen LogP contribution in [0.4, 0.5) is 0 Å². The lowest BCUT2D eigenvalue weighted by Gasteiger charge is -2.28. The van der Waals surface area contributed by atoms with E-state index in [0.29, 0.717) is 22.4 Å². The van der Waals surface area contributed by atoms with Crippen LogP contribution in [0.2, 0.25) is 0 Å². The van der Waals surface area contributed by atoms with Crippen LogP contribution < -0.4 is 4.74 Å². The maximum atomic E-state index is 12.5. The first-order valence-corrected chi connectivity index (χ1v) is 8.88. The summed E-state index contributed by atoms with van der Waals surface area (Å²) < 4.78 is 5.85. The van der Waals surface area contributed by atoms with Gasteiger partial charge in [-0.1, -0.05) is 36.4 Å². The molecule has 0 radical (unpaired) electrons. The number of rotatable bonds is 3. The standard InChI is InChI=1S/C24H20O3/c1-24(2)14-13-20-22(27-24)12-10-17(23(20)26)9-11-21(25)19-8-7-16-5-3-4-6-18(16)15-19/h3-15,26H,1-2H3/b11-9+. The molecule has 1 aliphatic rings. The minimum atomic E-state index is -0.400. The van der Waals surface area contributed by atoms with Gasteiger partial charge < -0.3 is 9.84 Å². The topological polar surface area (TPSA) is 46.5 Å². The SMILES string of the molecule is CC1(C)C=Cc2c(ccc(/C=C/C(=O)c3ccc4ccccc4c3)c2O)O1. The maximum Gasteiger partial charge on any atom is 0.185 e. The molecule has 3 aromatic carbocycles. The molecular weight excluding hydrogens is 336 g/mol. The van der Waals surface area contributed by atoms with Gasteiger partial charge in [0, 0.05) is 11.1 Å². The molecule has 1 aliphatic heterocycles. The summed E-state index contributed by atoms with van der Waals surface area (Å²) in [4.78, 5) is 12.5. The van der Waals surface area contributed by atoms with Crippen molar-refractivity contribution < 1.29 is 14.6 Å². The van der Waals surface area contributed by atoms with Crippen molar-refractivity contribution in [2.24, 2.45) is 0 Å². The molecule has 0 atom stereocenters. The Morgan fingerprint density at radius 3 is 2.63 bits per heavy atom. The molecule has 0 aromatic heterocycles. The number of fused-ring (bicyclic) bond motifs is 2. The highest BCUT2D eigenvalue weighted by Crippen LogP contribution is 2.38. The van der Waals surface area contributed by atoms with Crippen molar-refractivity contribution in [3.8, 4) is 11.5 Å². The molecule has 3 aromatic rings. The number of carbonyl (C=O) groups is 1. The molecule has 0 saturated heterocycles. The van der Waals surface area contributed by atoms with Gasteiger partial charge in [-0.15, -0.1) is 0 Å². The van der Waals surface area contributed by atoms with Gasteiger partial charge in [0.1, 0.15) is 17.1 Å². The number of benzene rings is 3. The van der Waals surface area contributed by atoms with Crippen LogP contribution in [-0.2, 0) is 0 Å². The molecule has 0 amide bonds. The van der Waals surface area contributed by atoms with Crippen molar-refractivity contribution in [1.82, 2.24) is 0 Å². The number of ether oxygens (including phenoxy) is 1. The molecule has 0 saturated carbocycles. The van der Waals surface area contributed by atoms with Crippen LogP contribution in [0.1, 0.15) is 35.3 Å². The van der Waals surface area contributed by atoms with Crippen LogP contribution in [0.25, 0.3) is 22.9 Å². The van der Waals surface area contributed by atoms with Gasteiger partial charge >= 0.3 is 0 Å². The molecule has 3 heteroatoms. The van der Waals surface area contributed by atoms with E-state index in [1.807, 2.05) is 74.5 Å². The molecular formula is C24H20O3. The largest absolute Gasteiger partial charge is 0.507 e. The Morgan fingerprint density at radius 2 is 1.81 bits per heavy atom. The molecule has 4 rings (SSSR count). The third kappa shape index (κ3) is 3.36.